The first-order chi connectivity index (χ1) is 9.01. The van der Waals surface area contributed by atoms with Gasteiger partial charge in [-0.1, -0.05) is 19.3 Å². The number of hydrogen-bond donors (Lipinski definition) is 1. The first-order valence-electron chi connectivity index (χ1n) is 6.82. The van der Waals surface area contributed by atoms with Crippen LogP contribution in [0, 0.1) is 12.3 Å². The zero-order chi connectivity index (χ0) is 13.9. The largest absolute Gasteiger partial charge is 0.481 e. The molecule has 0 unspecified atom stereocenters. The smallest absolute Gasteiger partial charge is 0.303 e. The van der Waals surface area contributed by atoms with Crippen LogP contribution in [-0.4, -0.2) is 16.9 Å². The van der Waals surface area contributed by atoms with E-state index in [1.54, 1.807) is 0 Å². The van der Waals surface area contributed by atoms with E-state index in [9.17, 15) is 9.59 Å². The molecule has 4 heteroatoms. The number of thiophene rings is 1. The van der Waals surface area contributed by atoms with E-state index < -0.39 is 5.97 Å². The summed E-state index contributed by atoms with van der Waals surface area (Å²) in [5.41, 5.74) is -0.306. The van der Waals surface area contributed by atoms with Crippen LogP contribution < -0.4 is 0 Å². The van der Waals surface area contributed by atoms with Crippen molar-refractivity contribution in [3.05, 3.63) is 21.9 Å². The predicted octanol–water partition coefficient (Wildman–Crippen LogP) is 4.05. The number of carbonyl (C=O) groups is 2. The molecular weight excluding hydrogens is 260 g/mol. The number of Topliss-reactive ketones (excluding diaryl/α,β-unsaturated/α-hetero) is 1. The van der Waals surface area contributed by atoms with Gasteiger partial charge in [-0.15, -0.1) is 11.3 Å². The molecule has 1 saturated carbocycles. The monoisotopic (exact) mass is 280 g/mol. The van der Waals surface area contributed by atoms with Gasteiger partial charge in [0, 0.05) is 11.3 Å². The van der Waals surface area contributed by atoms with Gasteiger partial charge < -0.3 is 5.11 Å². The molecule has 1 aromatic heterocycles. The Bertz CT molecular complexity index is 469. The van der Waals surface area contributed by atoms with Gasteiger partial charge in [0.2, 0.25) is 0 Å². The molecule has 0 aliphatic heterocycles. The summed E-state index contributed by atoms with van der Waals surface area (Å²) in [6.45, 7) is 1.98. The van der Waals surface area contributed by atoms with Gasteiger partial charge in [0.05, 0.1) is 11.3 Å². The van der Waals surface area contributed by atoms with E-state index in [0.717, 1.165) is 41.9 Å². The lowest BCUT2D eigenvalue weighted by molar-refractivity contribution is -0.140. The molecule has 0 amide bonds. The molecule has 0 atom stereocenters. The van der Waals surface area contributed by atoms with Gasteiger partial charge in [0.15, 0.2) is 5.78 Å². The Hall–Kier alpha value is -1.16. The van der Waals surface area contributed by atoms with E-state index in [1.807, 2.05) is 19.1 Å². The van der Waals surface area contributed by atoms with Gasteiger partial charge in [-0.25, -0.2) is 0 Å². The molecule has 2 rings (SSSR count). The molecule has 0 bridgehead atoms. The summed E-state index contributed by atoms with van der Waals surface area (Å²) in [6.07, 6.45) is 5.51. The van der Waals surface area contributed by atoms with Crippen molar-refractivity contribution in [3.63, 3.8) is 0 Å². The van der Waals surface area contributed by atoms with Crippen molar-refractivity contribution in [2.45, 2.75) is 51.9 Å². The van der Waals surface area contributed by atoms with Crippen LogP contribution in [0.3, 0.4) is 0 Å². The first kappa shape index (κ1) is 14.3. The van der Waals surface area contributed by atoms with E-state index in [2.05, 4.69) is 0 Å². The molecule has 1 aromatic rings. The van der Waals surface area contributed by atoms with Gasteiger partial charge in [-0.2, -0.15) is 0 Å². The number of aliphatic carboxylic acids is 1. The number of ketones is 1. The summed E-state index contributed by atoms with van der Waals surface area (Å²) in [5.74, 6) is -0.668. The predicted molar refractivity (Wildman–Crippen MR) is 75.8 cm³/mol. The van der Waals surface area contributed by atoms with E-state index >= 15 is 0 Å². The summed E-state index contributed by atoms with van der Waals surface area (Å²) in [4.78, 5) is 25.3. The van der Waals surface area contributed by atoms with Crippen LogP contribution >= 0.6 is 11.3 Å². The highest BCUT2D eigenvalue weighted by atomic mass is 32.1. The fourth-order valence-corrected chi connectivity index (χ4v) is 3.86. The second-order valence-electron chi connectivity index (χ2n) is 5.64. The maximum Gasteiger partial charge on any atom is 0.303 e. The third kappa shape index (κ3) is 3.66. The maximum atomic E-state index is 12.3. The molecule has 1 aliphatic carbocycles. The maximum absolute atomic E-state index is 12.3. The minimum absolute atomic E-state index is 0.112. The van der Waals surface area contributed by atoms with Gasteiger partial charge >= 0.3 is 5.97 Å². The van der Waals surface area contributed by atoms with Crippen molar-refractivity contribution >= 4 is 23.1 Å². The highest BCUT2D eigenvalue weighted by molar-refractivity contribution is 7.14. The van der Waals surface area contributed by atoms with Crippen molar-refractivity contribution in [3.8, 4) is 0 Å². The molecular formula is C15H20O3S. The molecule has 0 aromatic carbocycles. The fourth-order valence-electron chi connectivity index (χ4n) is 3.05. The molecule has 1 N–H and O–H groups in total. The zero-order valence-corrected chi connectivity index (χ0v) is 12.1. The minimum Gasteiger partial charge on any atom is -0.481 e. The second-order valence-corrected chi connectivity index (χ2v) is 6.93. The van der Waals surface area contributed by atoms with Crippen molar-refractivity contribution in [1.29, 1.82) is 0 Å². The first-order valence-corrected chi connectivity index (χ1v) is 7.64. The second kappa shape index (κ2) is 5.87. The van der Waals surface area contributed by atoms with Gasteiger partial charge in [0.25, 0.3) is 0 Å². The Morgan fingerprint density at radius 1 is 1.21 bits per heavy atom. The number of carboxylic acid groups (broad SMARTS) is 1. The Balaban J connectivity index is 2.11. The molecule has 1 aliphatic rings. The summed E-state index contributed by atoms with van der Waals surface area (Å²) >= 11 is 1.51. The number of carbonyl (C=O) groups excluding carboxylic acids is 1. The average Bonchev–Trinajstić information content (AvgIpc) is 2.76. The summed E-state index contributed by atoms with van der Waals surface area (Å²) < 4.78 is 0. The highest BCUT2D eigenvalue weighted by Crippen LogP contribution is 2.43. The van der Waals surface area contributed by atoms with E-state index in [4.69, 9.17) is 5.11 Å². The molecule has 0 spiro atoms. The van der Waals surface area contributed by atoms with Crippen molar-refractivity contribution in [2.24, 2.45) is 5.41 Å². The topological polar surface area (TPSA) is 54.4 Å². The summed E-state index contributed by atoms with van der Waals surface area (Å²) in [7, 11) is 0. The number of rotatable bonds is 5. The zero-order valence-electron chi connectivity index (χ0n) is 11.3. The van der Waals surface area contributed by atoms with Crippen LogP contribution in [-0.2, 0) is 4.79 Å². The van der Waals surface area contributed by atoms with Crippen LogP contribution in [0.1, 0.15) is 59.5 Å². The molecule has 104 valence electrons. The van der Waals surface area contributed by atoms with Crippen molar-refractivity contribution < 1.29 is 14.7 Å². The molecule has 1 heterocycles. The Kier molecular flexibility index (Phi) is 4.40. The van der Waals surface area contributed by atoms with Gasteiger partial charge in [-0.05, 0) is 37.3 Å². The quantitative estimate of drug-likeness (QED) is 0.828. The third-order valence-electron chi connectivity index (χ3n) is 3.99. The lowest BCUT2D eigenvalue weighted by Gasteiger charge is -2.35. The van der Waals surface area contributed by atoms with E-state index in [0.29, 0.717) is 6.42 Å². The molecule has 0 radical (unpaired) electrons. The lowest BCUT2D eigenvalue weighted by atomic mass is 9.69. The number of hydrogen-bond acceptors (Lipinski definition) is 3. The molecule has 19 heavy (non-hydrogen) atoms. The van der Waals surface area contributed by atoms with Crippen LogP contribution in [0.2, 0.25) is 0 Å². The normalized spacial score (nSPS) is 18.2. The van der Waals surface area contributed by atoms with Crippen LogP contribution in [0.5, 0.6) is 0 Å². The van der Waals surface area contributed by atoms with Crippen molar-refractivity contribution in [2.75, 3.05) is 0 Å². The number of carboxylic acids is 1. The molecule has 0 saturated heterocycles. The minimum atomic E-state index is -0.780. The van der Waals surface area contributed by atoms with Crippen molar-refractivity contribution in [1.82, 2.24) is 0 Å². The lowest BCUT2D eigenvalue weighted by Crippen LogP contribution is -2.30. The Morgan fingerprint density at radius 3 is 2.42 bits per heavy atom. The molecule has 1 fully saturated rings. The average molecular weight is 280 g/mol. The summed E-state index contributed by atoms with van der Waals surface area (Å²) in [6, 6.07) is 3.81. The number of aryl methyl sites for hydroxylation is 1. The van der Waals surface area contributed by atoms with Gasteiger partial charge in [-0.3, -0.25) is 9.59 Å². The fraction of sp³-hybridized carbons (Fsp3) is 0.600. The Labute approximate surface area is 117 Å². The van der Waals surface area contributed by atoms with E-state index in [1.165, 1.54) is 11.3 Å². The SMILES string of the molecule is Cc1ccc(C(=O)CC2(CC(=O)O)CCCCC2)s1. The third-order valence-corrected chi connectivity index (χ3v) is 5.03. The highest BCUT2D eigenvalue weighted by Gasteiger charge is 2.36. The van der Waals surface area contributed by atoms with Crippen LogP contribution in [0.15, 0.2) is 12.1 Å². The Morgan fingerprint density at radius 2 is 1.89 bits per heavy atom. The van der Waals surface area contributed by atoms with Gasteiger partial charge in [0.1, 0.15) is 0 Å². The summed E-state index contributed by atoms with van der Waals surface area (Å²) in [5, 5.41) is 9.11. The van der Waals surface area contributed by atoms with Crippen LogP contribution in [0.25, 0.3) is 0 Å². The van der Waals surface area contributed by atoms with E-state index in [-0.39, 0.29) is 17.6 Å². The standard InChI is InChI=1S/C15H20O3S/c1-11-5-6-13(19-11)12(16)9-15(10-14(17)18)7-3-2-4-8-15/h5-6H,2-4,7-10H2,1H3,(H,17,18). The van der Waals surface area contributed by atoms with Crippen LogP contribution in [0.4, 0.5) is 0 Å². The molecule has 3 nitrogen and oxygen atoms in total.